The molecule has 1 aromatic rings. The Morgan fingerprint density at radius 1 is 1.43 bits per heavy atom. The summed E-state index contributed by atoms with van der Waals surface area (Å²) in [4.78, 5) is 2.25. The number of imidazole rings is 1. The monoisotopic (exact) mass is 261 g/mol. The normalized spacial score (nSPS) is 12.6. The highest BCUT2D eigenvalue weighted by atomic mass is 79.9. The molecule has 0 saturated heterocycles. The molecule has 0 fully saturated rings. The topological polar surface area (TPSA) is 12.1 Å². The van der Waals surface area contributed by atoms with E-state index in [0.29, 0.717) is 6.17 Å². The maximum atomic E-state index is 2.25. The van der Waals surface area contributed by atoms with Gasteiger partial charge in [0, 0.05) is 6.42 Å². The van der Waals surface area contributed by atoms with Crippen molar-refractivity contribution in [1.82, 2.24) is 9.47 Å². The number of hydrogen-bond donors (Lipinski definition) is 0. The van der Waals surface area contributed by atoms with Crippen molar-refractivity contribution in [3.63, 3.8) is 0 Å². The predicted octanol–water partition coefficient (Wildman–Crippen LogP) is -1.82. The van der Waals surface area contributed by atoms with Crippen LogP contribution >= 0.6 is 0 Å². The lowest BCUT2D eigenvalue weighted by Crippen LogP contribution is -3.00. The number of rotatable bonds is 4. The van der Waals surface area contributed by atoms with E-state index in [4.69, 9.17) is 0 Å². The molecule has 0 radical (unpaired) electrons. The van der Waals surface area contributed by atoms with Gasteiger partial charge >= 0.3 is 0 Å². The Hall–Kier alpha value is -0.350. The SMILES string of the molecule is CCCC(N(C)C)[n+]1ccn(C)c1.[Br-]. The first-order valence-electron chi connectivity index (χ1n) is 4.84. The van der Waals surface area contributed by atoms with Crippen LogP contribution in [0.2, 0.25) is 0 Å². The van der Waals surface area contributed by atoms with E-state index in [1.54, 1.807) is 0 Å². The maximum absolute atomic E-state index is 2.25. The van der Waals surface area contributed by atoms with Crippen LogP contribution in [0.5, 0.6) is 0 Å². The third-order valence-corrected chi connectivity index (χ3v) is 2.28. The molecule has 0 saturated carbocycles. The van der Waals surface area contributed by atoms with Crippen LogP contribution in [-0.2, 0) is 7.05 Å². The fourth-order valence-electron chi connectivity index (χ4n) is 1.58. The lowest BCUT2D eigenvalue weighted by atomic mass is 10.2. The van der Waals surface area contributed by atoms with Crippen molar-refractivity contribution in [2.45, 2.75) is 25.9 Å². The minimum absolute atomic E-state index is 0. The second kappa shape index (κ2) is 6.19. The summed E-state index contributed by atoms with van der Waals surface area (Å²) in [7, 11) is 6.30. The van der Waals surface area contributed by atoms with Crippen LogP contribution in [-0.4, -0.2) is 23.6 Å². The summed E-state index contributed by atoms with van der Waals surface area (Å²) in [5, 5.41) is 0. The number of aromatic nitrogens is 2. The second-order valence-corrected chi connectivity index (χ2v) is 3.76. The van der Waals surface area contributed by atoms with E-state index < -0.39 is 0 Å². The largest absolute Gasteiger partial charge is 1.00 e. The Balaban J connectivity index is 0.00000169. The molecule has 14 heavy (non-hydrogen) atoms. The van der Waals surface area contributed by atoms with Crippen LogP contribution < -0.4 is 21.5 Å². The Kier molecular flexibility index (Phi) is 6.04. The Labute approximate surface area is 97.1 Å². The Bertz CT molecular complexity index is 258. The molecule has 1 heterocycles. The summed E-state index contributed by atoms with van der Waals surface area (Å²) in [6.07, 6.45) is 9.23. The third kappa shape index (κ3) is 3.42. The third-order valence-electron chi connectivity index (χ3n) is 2.28. The zero-order chi connectivity index (χ0) is 9.84. The fourth-order valence-corrected chi connectivity index (χ4v) is 1.58. The highest BCUT2D eigenvalue weighted by Crippen LogP contribution is 2.07. The average molecular weight is 262 g/mol. The Morgan fingerprint density at radius 3 is 2.43 bits per heavy atom. The molecular weight excluding hydrogens is 242 g/mol. The van der Waals surface area contributed by atoms with E-state index in [9.17, 15) is 0 Å². The molecule has 3 nitrogen and oxygen atoms in total. The van der Waals surface area contributed by atoms with E-state index in [2.05, 4.69) is 60.8 Å². The number of aryl methyl sites for hydroxylation is 1. The summed E-state index contributed by atoms with van der Waals surface area (Å²) >= 11 is 0. The first kappa shape index (κ1) is 13.7. The second-order valence-electron chi connectivity index (χ2n) is 3.76. The Morgan fingerprint density at radius 2 is 2.07 bits per heavy atom. The molecule has 0 spiro atoms. The molecule has 0 aliphatic heterocycles. The van der Waals surface area contributed by atoms with Crippen molar-refractivity contribution in [3.8, 4) is 0 Å². The van der Waals surface area contributed by atoms with Gasteiger partial charge < -0.3 is 17.0 Å². The number of nitrogens with zero attached hydrogens (tertiary/aromatic N) is 3. The summed E-state index contributed by atoms with van der Waals surface area (Å²) in [5.41, 5.74) is 0. The van der Waals surface area contributed by atoms with E-state index >= 15 is 0 Å². The summed E-state index contributed by atoms with van der Waals surface area (Å²) in [6, 6.07) is 0. The van der Waals surface area contributed by atoms with Crippen LogP contribution in [0.25, 0.3) is 0 Å². The summed E-state index contributed by atoms with van der Waals surface area (Å²) in [6.45, 7) is 2.22. The van der Waals surface area contributed by atoms with E-state index in [1.165, 1.54) is 12.8 Å². The van der Waals surface area contributed by atoms with Crippen molar-refractivity contribution in [2.24, 2.45) is 7.05 Å². The molecule has 1 aromatic heterocycles. The maximum Gasteiger partial charge on any atom is 0.244 e. The molecule has 0 bridgehead atoms. The first-order chi connectivity index (χ1) is 6.15. The molecular formula is C10H20BrN3. The van der Waals surface area contributed by atoms with E-state index in [0.717, 1.165) is 0 Å². The van der Waals surface area contributed by atoms with Crippen molar-refractivity contribution in [2.75, 3.05) is 14.1 Å². The molecule has 4 heteroatoms. The van der Waals surface area contributed by atoms with Gasteiger partial charge in [0.15, 0.2) is 6.17 Å². The van der Waals surface area contributed by atoms with Gasteiger partial charge in [-0.3, -0.25) is 4.90 Å². The highest BCUT2D eigenvalue weighted by Gasteiger charge is 2.16. The van der Waals surface area contributed by atoms with Gasteiger partial charge in [-0.05, 0) is 14.1 Å². The van der Waals surface area contributed by atoms with Gasteiger partial charge in [0.05, 0.1) is 7.05 Å². The average Bonchev–Trinajstić information content (AvgIpc) is 2.46. The van der Waals surface area contributed by atoms with Crippen LogP contribution in [0.15, 0.2) is 18.7 Å². The van der Waals surface area contributed by atoms with Gasteiger partial charge in [-0.25, -0.2) is 9.13 Å². The van der Waals surface area contributed by atoms with Gasteiger partial charge in [-0.1, -0.05) is 13.3 Å². The van der Waals surface area contributed by atoms with Crippen molar-refractivity contribution < 1.29 is 21.5 Å². The van der Waals surface area contributed by atoms with Gasteiger partial charge in [0.1, 0.15) is 12.4 Å². The fraction of sp³-hybridized carbons (Fsp3) is 0.700. The lowest BCUT2D eigenvalue weighted by molar-refractivity contribution is -0.742. The summed E-state index contributed by atoms with van der Waals surface area (Å²) < 4.78 is 4.33. The smallest absolute Gasteiger partial charge is 0.244 e. The van der Waals surface area contributed by atoms with E-state index in [-0.39, 0.29) is 17.0 Å². The number of halogens is 1. The van der Waals surface area contributed by atoms with Crippen LogP contribution in [0.3, 0.4) is 0 Å². The van der Waals surface area contributed by atoms with Crippen molar-refractivity contribution in [3.05, 3.63) is 18.7 Å². The van der Waals surface area contributed by atoms with Gasteiger partial charge in [-0.2, -0.15) is 0 Å². The summed E-state index contributed by atoms with van der Waals surface area (Å²) in [5.74, 6) is 0. The molecule has 0 N–H and O–H groups in total. The molecule has 1 atom stereocenters. The standard InChI is InChI=1S/C10H20N3.BrH/c1-5-6-10(11(2)3)13-8-7-12(4)9-13;/h7-10H,5-6H2,1-4H3;1H/q+1;/p-1. The quantitative estimate of drug-likeness (QED) is 0.582. The molecule has 0 aliphatic rings. The minimum Gasteiger partial charge on any atom is -1.00 e. The van der Waals surface area contributed by atoms with Crippen LogP contribution in [0.1, 0.15) is 25.9 Å². The van der Waals surface area contributed by atoms with Crippen molar-refractivity contribution >= 4 is 0 Å². The zero-order valence-corrected chi connectivity index (χ0v) is 11.0. The molecule has 0 aliphatic carbocycles. The van der Waals surface area contributed by atoms with Gasteiger partial charge in [0.2, 0.25) is 6.33 Å². The highest BCUT2D eigenvalue weighted by molar-refractivity contribution is 4.64. The number of hydrogen-bond acceptors (Lipinski definition) is 1. The molecule has 1 rings (SSSR count). The predicted molar refractivity (Wildman–Crippen MR) is 53.2 cm³/mol. The molecule has 0 aromatic carbocycles. The molecule has 0 amide bonds. The van der Waals surface area contributed by atoms with Crippen molar-refractivity contribution in [1.29, 1.82) is 0 Å². The lowest BCUT2D eigenvalue weighted by Gasteiger charge is -2.20. The van der Waals surface area contributed by atoms with Gasteiger partial charge in [-0.15, -0.1) is 0 Å². The minimum atomic E-state index is 0. The van der Waals surface area contributed by atoms with Gasteiger partial charge in [0.25, 0.3) is 0 Å². The molecule has 82 valence electrons. The molecule has 1 unspecified atom stereocenters. The first-order valence-corrected chi connectivity index (χ1v) is 4.84. The van der Waals surface area contributed by atoms with Crippen LogP contribution in [0.4, 0.5) is 0 Å². The van der Waals surface area contributed by atoms with Crippen LogP contribution in [0, 0.1) is 0 Å². The zero-order valence-electron chi connectivity index (χ0n) is 9.44. The van der Waals surface area contributed by atoms with E-state index in [1.807, 2.05) is 0 Å².